The van der Waals surface area contributed by atoms with Crippen molar-refractivity contribution in [1.29, 1.82) is 0 Å². The van der Waals surface area contributed by atoms with Crippen LogP contribution in [0, 0.1) is 11.3 Å². The van der Waals surface area contributed by atoms with Crippen molar-refractivity contribution in [2.45, 2.75) is 51.2 Å². The molecular formula is C29H38N4O2. The molecule has 3 aliphatic heterocycles. The van der Waals surface area contributed by atoms with Gasteiger partial charge in [0.25, 0.3) is 0 Å². The topological polar surface area (TPSA) is 64.7 Å². The van der Waals surface area contributed by atoms with Gasteiger partial charge in [0.15, 0.2) is 0 Å². The molecule has 6 nitrogen and oxygen atoms in total. The molecule has 3 heterocycles. The van der Waals surface area contributed by atoms with E-state index in [1.54, 1.807) is 6.92 Å². The van der Waals surface area contributed by atoms with Crippen LogP contribution in [0.25, 0.3) is 0 Å². The van der Waals surface area contributed by atoms with Crippen molar-refractivity contribution in [2.75, 3.05) is 32.7 Å². The molecule has 3 saturated heterocycles. The van der Waals surface area contributed by atoms with Gasteiger partial charge in [-0.1, -0.05) is 67.6 Å². The van der Waals surface area contributed by atoms with Crippen LogP contribution in [0.3, 0.4) is 0 Å². The third kappa shape index (κ3) is 4.74. The van der Waals surface area contributed by atoms with Gasteiger partial charge >= 0.3 is 0 Å². The minimum atomic E-state index is -0.426. The van der Waals surface area contributed by atoms with Gasteiger partial charge in [0.1, 0.15) is 0 Å². The number of nitrogens with zero attached hydrogens (tertiary/aromatic N) is 2. The van der Waals surface area contributed by atoms with E-state index in [1.807, 2.05) is 6.07 Å². The molecule has 5 rings (SSSR count). The summed E-state index contributed by atoms with van der Waals surface area (Å²) in [4.78, 5) is 31.2. The Morgan fingerprint density at radius 3 is 2.34 bits per heavy atom. The van der Waals surface area contributed by atoms with E-state index < -0.39 is 11.0 Å². The van der Waals surface area contributed by atoms with Crippen molar-refractivity contribution >= 4 is 11.8 Å². The Labute approximate surface area is 209 Å². The third-order valence-corrected chi connectivity index (χ3v) is 8.50. The second-order valence-corrected chi connectivity index (χ2v) is 11.0. The largest absolute Gasteiger partial charge is 0.347 e. The molecule has 2 aromatic rings. The Hall–Kier alpha value is -2.70. The van der Waals surface area contributed by atoms with Crippen LogP contribution < -0.4 is 10.6 Å². The number of hydrogen-bond donors (Lipinski definition) is 2. The summed E-state index contributed by atoms with van der Waals surface area (Å²) in [6.07, 6.45) is 2.64. The van der Waals surface area contributed by atoms with Crippen LogP contribution in [0.2, 0.25) is 0 Å². The van der Waals surface area contributed by atoms with E-state index in [1.165, 1.54) is 11.1 Å². The Morgan fingerprint density at radius 1 is 1.03 bits per heavy atom. The summed E-state index contributed by atoms with van der Waals surface area (Å²) in [5.41, 5.74) is 1.67. The van der Waals surface area contributed by atoms with Crippen LogP contribution in [0.4, 0.5) is 0 Å². The number of carbonyl (C=O) groups excluding carboxylic acids is 2. The van der Waals surface area contributed by atoms with E-state index >= 15 is 0 Å². The quantitative estimate of drug-likeness (QED) is 0.698. The molecule has 6 heteroatoms. The monoisotopic (exact) mass is 474 g/mol. The lowest BCUT2D eigenvalue weighted by molar-refractivity contribution is -0.145. The Bertz CT molecular complexity index is 1040. The fraction of sp³-hybridized carbons (Fsp3) is 0.517. The Morgan fingerprint density at radius 2 is 1.69 bits per heavy atom. The molecule has 35 heavy (non-hydrogen) atoms. The van der Waals surface area contributed by atoms with E-state index in [9.17, 15) is 9.59 Å². The third-order valence-electron chi connectivity index (χ3n) is 8.50. The average Bonchev–Trinajstić information content (AvgIpc) is 3.20. The molecule has 3 fully saturated rings. The van der Waals surface area contributed by atoms with Crippen LogP contribution in [-0.2, 0) is 16.1 Å². The van der Waals surface area contributed by atoms with Crippen LogP contribution >= 0.6 is 0 Å². The maximum absolute atomic E-state index is 14.3. The molecule has 3 atom stereocenters. The first-order chi connectivity index (χ1) is 16.9. The van der Waals surface area contributed by atoms with Crippen LogP contribution in [-0.4, -0.2) is 59.9 Å². The van der Waals surface area contributed by atoms with Gasteiger partial charge in [-0.25, -0.2) is 0 Å². The first-order valence-corrected chi connectivity index (χ1v) is 13.0. The van der Waals surface area contributed by atoms with Crippen molar-refractivity contribution in [3.63, 3.8) is 0 Å². The highest BCUT2D eigenvalue weighted by atomic mass is 16.2. The number of amides is 2. The molecular weight excluding hydrogens is 436 g/mol. The molecule has 0 aromatic heterocycles. The molecule has 0 aliphatic carbocycles. The molecule has 0 radical (unpaired) electrons. The first-order valence-electron chi connectivity index (χ1n) is 13.0. The second-order valence-electron chi connectivity index (χ2n) is 11.0. The molecule has 2 N–H and O–H groups in total. The normalized spacial score (nSPS) is 28.3. The summed E-state index contributed by atoms with van der Waals surface area (Å²) in [6, 6.07) is 21.0. The summed E-state index contributed by atoms with van der Waals surface area (Å²) in [6.45, 7) is 8.68. The number of hydrogen-bond acceptors (Lipinski definition) is 4. The van der Waals surface area contributed by atoms with Crippen LogP contribution in [0.5, 0.6) is 0 Å². The minimum absolute atomic E-state index is 0.0168. The number of carbonyl (C=O) groups is 2. The molecule has 0 saturated carbocycles. The zero-order valence-electron chi connectivity index (χ0n) is 21.0. The summed E-state index contributed by atoms with van der Waals surface area (Å²) in [7, 11) is 0. The molecule has 2 aromatic carbocycles. The van der Waals surface area contributed by atoms with E-state index in [2.05, 4.69) is 82.0 Å². The van der Waals surface area contributed by atoms with Gasteiger partial charge in [-0.2, -0.15) is 0 Å². The van der Waals surface area contributed by atoms with Gasteiger partial charge in [-0.15, -0.1) is 0 Å². The average molecular weight is 475 g/mol. The van der Waals surface area contributed by atoms with Crippen molar-refractivity contribution in [3.8, 4) is 0 Å². The fourth-order valence-electron chi connectivity index (χ4n) is 6.62. The standard InChI is InChI=1S/C29H38N4O2/c1-22(34)31-29-20-30-16-13-25(29)26(24-11-7-4-8-12-24)33(21-29)27(35)28(2)14-17-32(18-15-28)19-23-9-5-3-6-10-23/h3-12,25-26,30H,13-21H2,1-2H3,(H,31,34)/t25-,26-,29-/m1/s1. The summed E-state index contributed by atoms with van der Waals surface area (Å²) >= 11 is 0. The Kier molecular flexibility index (Phi) is 6.69. The molecule has 0 bridgehead atoms. The minimum Gasteiger partial charge on any atom is -0.347 e. The molecule has 0 unspecified atom stereocenters. The lowest BCUT2D eigenvalue weighted by Gasteiger charge is -2.42. The molecule has 0 spiro atoms. The van der Waals surface area contributed by atoms with Crippen LogP contribution in [0.1, 0.15) is 50.3 Å². The number of nitrogens with one attached hydrogen (secondary N) is 2. The zero-order valence-corrected chi connectivity index (χ0v) is 21.0. The van der Waals surface area contributed by atoms with Crippen molar-refractivity contribution in [2.24, 2.45) is 11.3 Å². The number of likely N-dealkylation sites (tertiary alicyclic amines) is 2. The van der Waals surface area contributed by atoms with E-state index in [0.29, 0.717) is 13.1 Å². The van der Waals surface area contributed by atoms with Gasteiger partial charge in [-0.3, -0.25) is 14.5 Å². The number of benzene rings is 2. The van der Waals surface area contributed by atoms with E-state index in [0.717, 1.165) is 45.4 Å². The molecule has 3 aliphatic rings. The van der Waals surface area contributed by atoms with Crippen LogP contribution in [0.15, 0.2) is 60.7 Å². The maximum Gasteiger partial charge on any atom is 0.229 e. The van der Waals surface area contributed by atoms with Gasteiger partial charge in [0, 0.05) is 37.9 Å². The highest BCUT2D eigenvalue weighted by molar-refractivity contribution is 5.84. The van der Waals surface area contributed by atoms with Gasteiger partial charge in [0.2, 0.25) is 11.8 Å². The number of rotatable bonds is 5. The Balaban J connectivity index is 1.38. The van der Waals surface area contributed by atoms with Crippen molar-refractivity contribution < 1.29 is 9.59 Å². The van der Waals surface area contributed by atoms with E-state index in [4.69, 9.17) is 0 Å². The SMILES string of the molecule is CC(=O)N[C@@]12CNCC[C@@H]1[C@@H](c1ccccc1)N(C(=O)C1(C)CCN(Cc3ccccc3)CC1)C2. The maximum atomic E-state index is 14.3. The molecule has 2 amide bonds. The lowest BCUT2D eigenvalue weighted by atomic mass is 9.76. The highest BCUT2D eigenvalue weighted by Gasteiger charge is 2.57. The highest BCUT2D eigenvalue weighted by Crippen LogP contribution is 2.48. The van der Waals surface area contributed by atoms with Gasteiger partial charge in [0.05, 0.1) is 11.6 Å². The smallest absolute Gasteiger partial charge is 0.229 e. The summed E-state index contributed by atoms with van der Waals surface area (Å²) in [5.74, 6) is 0.408. The van der Waals surface area contributed by atoms with Gasteiger partial charge < -0.3 is 15.5 Å². The lowest BCUT2D eigenvalue weighted by Crippen LogP contribution is -2.63. The summed E-state index contributed by atoms with van der Waals surface area (Å²) < 4.78 is 0. The number of piperidine rings is 2. The fourth-order valence-corrected chi connectivity index (χ4v) is 6.62. The van der Waals surface area contributed by atoms with E-state index in [-0.39, 0.29) is 23.8 Å². The zero-order chi connectivity index (χ0) is 24.5. The molecule has 186 valence electrons. The second kappa shape index (κ2) is 9.75. The predicted molar refractivity (Wildman–Crippen MR) is 137 cm³/mol. The van der Waals surface area contributed by atoms with Gasteiger partial charge in [-0.05, 0) is 50.0 Å². The predicted octanol–water partition coefficient (Wildman–Crippen LogP) is 3.36. The first kappa shape index (κ1) is 24.0. The summed E-state index contributed by atoms with van der Waals surface area (Å²) in [5, 5.41) is 6.78. The van der Waals surface area contributed by atoms with Crippen molar-refractivity contribution in [3.05, 3.63) is 71.8 Å². The van der Waals surface area contributed by atoms with Crippen molar-refractivity contribution in [1.82, 2.24) is 20.4 Å². The number of fused-ring (bicyclic) bond motifs is 1.